The second-order valence-electron chi connectivity index (χ2n) is 11.6. The van der Waals surface area contributed by atoms with E-state index in [0.717, 1.165) is 50.7 Å². The molecule has 1 atom stereocenters. The second kappa shape index (κ2) is 11.8. The van der Waals surface area contributed by atoms with Crippen LogP contribution in [0.1, 0.15) is 6.92 Å². The van der Waals surface area contributed by atoms with Crippen LogP contribution in [-0.2, 0) is 0 Å². The maximum absolute atomic E-state index is 5.05. The molecule has 1 unspecified atom stereocenters. The van der Waals surface area contributed by atoms with Gasteiger partial charge in [0.25, 0.3) is 0 Å². The average molecular weight is 593 g/mol. The number of nitrogens with one attached hydrogen (secondary N) is 1. The van der Waals surface area contributed by atoms with Crippen LogP contribution in [-0.4, -0.2) is 16.1 Å². The summed E-state index contributed by atoms with van der Waals surface area (Å²) in [6, 6.07) is 57.3. The van der Waals surface area contributed by atoms with Crippen molar-refractivity contribution < 1.29 is 0 Å². The first kappa shape index (κ1) is 27.5. The Kier molecular flexibility index (Phi) is 7.08. The van der Waals surface area contributed by atoms with E-state index < -0.39 is 0 Å². The highest BCUT2D eigenvalue weighted by Crippen LogP contribution is 2.41. The molecule has 7 aromatic rings. The number of anilines is 3. The minimum absolute atomic E-state index is 0.174. The maximum atomic E-state index is 5.05. The van der Waals surface area contributed by atoms with Crippen LogP contribution in [0.2, 0.25) is 0 Å². The molecule has 4 heteroatoms. The van der Waals surface area contributed by atoms with Crippen molar-refractivity contribution in [2.24, 2.45) is 0 Å². The van der Waals surface area contributed by atoms with Crippen molar-refractivity contribution in [3.8, 4) is 56.2 Å². The van der Waals surface area contributed by atoms with Gasteiger partial charge in [-0.25, -0.2) is 9.97 Å². The molecule has 0 amide bonds. The molecule has 0 spiro atoms. The second-order valence-corrected chi connectivity index (χ2v) is 11.6. The van der Waals surface area contributed by atoms with Gasteiger partial charge in [-0.15, -0.1) is 0 Å². The molecular formula is C42H32N4. The number of fused-ring (bicyclic) bond motifs is 1. The molecular weight excluding hydrogens is 560 g/mol. The summed E-state index contributed by atoms with van der Waals surface area (Å²) in [6.07, 6.45) is 0.174. The fourth-order valence-corrected chi connectivity index (χ4v) is 6.31. The first-order valence-corrected chi connectivity index (χ1v) is 15.7. The number of nitrogens with zero attached hydrogens (tertiary/aromatic N) is 3. The first-order valence-electron chi connectivity index (χ1n) is 15.7. The number of para-hydroxylation sites is 2. The van der Waals surface area contributed by atoms with E-state index in [-0.39, 0.29) is 6.17 Å². The third kappa shape index (κ3) is 5.31. The predicted molar refractivity (Wildman–Crippen MR) is 191 cm³/mol. The SMILES string of the molecule is CC1Nc2ccccc2N1c1cccc(-c2cccc(-c3cccc(-c4cc(-c5ccccc5)nc(-c5ccccc5)n4)c3)c2)c1. The summed E-state index contributed by atoms with van der Waals surface area (Å²) in [4.78, 5) is 12.4. The van der Waals surface area contributed by atoms with Gasteiger partial charge < -0.3 is 10.2 Å². The van der Waals surface area contributed by atoms with E-state index in [1.54, 1.807) is 0 Å². The molecule has 1 aliphatic heterocycles. The zero-order valence-electron chi connectivity index (χ0n) is 25.5. The summed E-state index contributed by atoms with van der Waals surface area (Å²) in [6.45, 7) is 2.20. The normalized spacial score (nSPS) is 13.7. The van der Waals surface area contributed by atoms with Crippen molar-refractivity contribution >= 4 is 17.1 Å². The van der Waals surface area contributed by atoms with E-state index in [1.807, 2.05) is 36.4 Å². The van der Waals surface area contributed by atoms with Crippen molar-refractivity contribution in [2.75, 3.05) is 10.2 Å². The molecule has 1 aliphatic rings. The Hall–Kier alpha value is -6.00. The third-order valence-electron chi connectivity index (χ3n) is 8.55. The van der Waals surface area contributed by atoms with Crippen LogP contribution in [0, 0.1) is 0 Å². The molecule has 0 bridgehead atoms. The molecule has 0 radical (unpaired) electrons. The molecule has 0 saturated carbocycles. The van der Waals surface area contributed by atoms with E-state index in [2.05, 4.69) is 145 Å². The van der Waals surface area contributed by atoms with Crippen LogP contribution in [0.15, 0.2) is 164 Å². The Bertz CT molecular complexity index is 2100. The fourth-order valence-electron chi connectivity index (χ4n) is 6.31. The fraction of sp³-hybridized carbons (Fsp3) is 0.0476. The van der Waals surface area contributed by atoms with Crippen molar-refractivity contribution in [3.63, 3.8) is 0 Å². The molecule has 6 aromatic carbocycles. The van der Waals surface area contributed by atoms with Gasteiger partial charge in [-0.05, 0) is 71.6 Å². The van der Waals surface area contributed by atoms with E-state index in [4.69, 9.17) is 9.97 Å². The monoisotopic (exact) mass is 592 g/mol. The Labute approximate surface area is 269 Å². The summed E-state index contributed by atoms with van der Waals surface area (Å²) >= 11 is 0. The van der Waals surface area contributed by atoms with Gasteiger partial charge in [-0.1, -0.05) is 121 Å². The number of aromatic nitrogens is 2. The first-order chi connectivity index (χ1) is 22.7. The van der Waals surface area contributed by atoms with Gasteiger partial charge >= 0.3 is 0 Å². The van der Waals surface area contributed by atoms with E-state index in [9.17, 15) is 0 Å². The maximum Gasteiger partial charge on any atom is 0.160 e. The molecule has 0 fully saturated rings. The van der Waals surface area contributed by atoms with Gasteiger partial charge in [0.15, 0.2) is 5.82 Å². The molecule has 1 aromatic heterocycles. The minimum atomic E-state index is 0.174. The molecule has 1 N–H and O–H groups in total. The Balaban J connectivity index is 1.15. The highest BCUT2D eigenvalue weighted by Gasteiger charge is 2.26. The van der Waals surface area contributed by atoms with Crippen LogP contribution < -0.4 is 10.2 Å². The van der Waals surface area contributed by atoms with Crippen molar-refractivity contribution in [3.05, 3.63) is 164 Å². The van der Waals surface area contributed by atoms with Crippen LogP contribution >= 0.6 is 0 Å². The topological polar surface area (TPSA) is 41.0 Å². The van der Waals surface area contributed by atoms with Gasteiger partial charge in [-0.3, -0.25) is 0 Å². The lowest BCUT2D eigenvalue weighted by Crippen LogP contribution is -2.28. The lowest BCUT2D eigenvalue weighted by atomic mass is 9.96. The zero-order valence-corrected chi connectivity index (χ0v) is 25.5. The summed E-state index contributed by atoms with van der Waals surface area (Å²) in [5.41, 5.74) is 13.1. The van der Waals surface area contributed by atoms with Crippen molar-refractivity contribution in [2.45, 2.75) is 13.1 Å². The number of hydrogen-bond donors (Lipinski definition) is 1. The van der Waals surface area contributed by atoms with Gasteiger partial charge in [0.05, 0.1) is 22.8 Å². The Morgan fingerprint density at radius 1 is 0.457 bits per heavy atom. The number of hydrogen-bond acceptors (Lipinski definition) is 4. The lowest BCUT2D eigenvalue weighted by molar-refractivity contribution is 0.843. The molecule has 0 aliphatic carbocycles. The zero-order chi connectivity index (χ0) is 30.9. The summed E-state index contributed by atoms with van der Waals surface area (Å²) in [5.74, 6) is 0.717. The van der Waals surface area contributed by atoms with E-state index in [0.29, 0.717) is 0 Å². The average Bonchev–Trinajstić information content (AvgIpc) is 3.48. The highest BCUT2D eigenvalue weighted by atomic mass is 15.3. The van der Waals surface area contributed by atoms with Gasteiger partial charge in [0, 0.05) is 22.4 Å². The van der Waals surface area contributed by atoms with Crippen molar-refractivity contribution in [1.29, 1.82) is 0 Å². The molecule has 2 heterocycles. The van der Waals surface area contributed by atoms with Gasteiger partial charge in [-0.2, -0.15) is 0 Å². The Morgan fingerprint density at radius 2 is 0.957 bits per heavy atom. The predicted octanol–water partition coefficient (Wildman–Crippen LogP) is 10.7. The number of rotatable bonds is 6. The van der Waals surface area contributed by atoms with Crippen LogP contribution in [0.5, 0.6) is 0 Å². The molecule has 46 heavy (non-hydrogen) atoms. The molecule has 0 saturated heterocycles. The van der Waals surface area contributed by atoms with Gasteiger partial charge in [0.2, 0.25) is 0 Å². The number of benzene rings is 6. The summed E-state index contributed by atoms with van der Waals surface area (Å²) < 4.78 is 0. The minimum Gasteiger partial charge on any atom is -0.363 e. The van der Waals surface area contributed by atoms with Crippen molar-refractivity contribution in [1.82, 2.24) is 9.97 Å². The standard InChI is InChI=1S/C42H32N4/c1-29-43-38-23-8-9-24-41(38)46(29)37-22-12-20-35(27-37)33-18-10-17-32(25-33)34-19-11-21-36(26-34)40-28-39(30-13-4-2-5-14-30)44-42(45-40)31-15-6-3-7-16-31/h2-29,43H,1H3. The quantitative estimate of drug-likeness (QED) is 0.209. The van der Waals surface area contributed by atoms with Gasteiger partial charge in [0.1, 0.15) is 6.17 Å². The van der Waals surface area contributed by atoms with E-state index >= 15 is 0 Å². The summed E-state index contributed by atoms with van der Waals surface area (Å²) in [5, 5.41) is 3.60. The van der Waals surface area contributed by atoms with E-state index in [1.165, 1.54) is 22.5 Å². The lowest BCUT2D eigenvalue weighted by Gasteiger charge is -2.24. The Morgan fingerprint density at radius 3 is 1.65 bits per heavy atom. The molecule has 8 rings (SSSR count). The van der Waals surface area contributed by atoms with Crippen LogP contribution in [0.25, 0.3) is 56.2 Å². The highest BCUT2D eigenvalue weighted by molar-refractivity contribution is 5.85. The largest absolute Gasteiger partial charge is 0.363 e. The van der Waals surface area contributed by atoms with Crippen LogP contribution in [0.4, 0.5) is 17.1 Å². The molecule has 4 nitrogen and oxygen atoms in total. The smallest absolute Gasteiger partial charge is 0.160 e. The molecule has 220 valence electrons. The third-order valence-corrected chi connectivity index (χ3v) is 8.55. The summed E-state index contributed by atoms with van der Waals surface area (Å²) in [7, 11) is 0. The van der Waals surface area contributed by atoms with Crippen LogP contribution in [0.3, 0.4) is 0 Å².